The summed E-state index contributed by atoms with van der Waals surface area (Å²) >= 11 is 0. The second kappa shape index (κ2) is 8.42. The second-order valence-corrected chi connectivity index (χ2v) is 6.72. The number of ether oxygens (including phenoxy) is 1. The molecule has 1 fully saturated rings. The van der Waals surface area contributed by atoms with E-state index < -0.39 is 0 Å². The minimum Gasteiger partial charge on any atom is -0.377 e. The number of nitrogens with zero attached hydrogens (tertiary/aromatic N) is 4. The molecular formula is C19H27N5O2. The van der Waals surface area contributed by atoms with Crippen molar-refractivity contribution < 1.29 is 9.53 Å². The number of nitrogens with one attached hydrogen (secondary N) is 1. The van der Waals surface area contributed by atoms with Crippen molar-refractivity contribution in [2.24, 2.45) is 7.05 Å². The molecule has 3 rings (SSSR count). The van der Waals surface area contributed by atoms with E-state index in [1.54, 1.807) is 11.7 Å². The predicted octanol–water partition coefficient (Wildman–Crippen LogP) is 2.38. The third-order valence-electron chi connectivity index (χ3n) is 4.73. The largest absolute Gasteiger partial charge is 0.377 e. The van der Waals surface area contributed by atoms with Crippen molar-refractivity contribution in [2.45, 2.75) is 39.3 Å². The van der Waals surface area contributed by atoms with Gasteiger partial charge in [0.05, 0.1) is 6.10 Å². The number of rotatable bonds is 7. The number of carbonyl (C=O) groups is 1. The average Bonchev–Trinajstić information content (AvgIpc) is 3.24. The number of amides is 1. The van der Waals surface area contributed by atoms with Gasteiger partial charge >= 0.3 is 0 Å². The second-order valence-electron chi connectivity index (χ2n) is 6.72. The Bertz CT molecular complexity index is 733. The highest BCUT2D eigenvalue weighted by Gasteiger charge is 2.19. The maximum absolute atomic E-state index is 12.5. The number of aryl methyl sites for hydroxylation is 2. The highest BCUT2D eigenvalue weighted by atomic mass is 16.5. The van der Waals surface area contributed by atoms with Crippen LogP contribution in [-0.4, -0.2) is 51.4 Å². The van der Waals surface area contributed by atoms with E-state index in [0.717, 1.165) is 50.5 Å². The standard InChI is InChI=1S/C19H27N5O2/c1-4-24(13-17-9-6-10-26-17)12-15-7-5-8-16(11-15)18(25)21-19-20-14(2)23(3)22-19/h5,7-8,11,17H,4,6,9-10,12-13H2,1-3H3,(H,21,22,25)/t17-/m1/s1. The zero-order valence-corrected chi connectivity index (χ0v) is 15.7. The molecule has 26 heavy (non-hydrogen) atoms. The first kappa shape index (κ1) is 18.5. The molecular weight excluding hydrogens is 330 g/mol. The van der Waals surface area contributed by atoms with Crippen molar-refractivity contribution in [2.75, 3.05) is 25.0 Å². The predicted molar refractivity (Wildman–Crippen MR) is 100 cm³/mol. The van der Waals surface area contributed by atoms with Crippen LogP contribution >= 0.6 is 0 Å². The number of hydrogen-bond acceptors (Lipinski definition) is 5. The van der Waals surface area contributed by atoms with E-state index in [2.05, 4.69) is 33.3 Å². The highest BCUT2D eigenvalue weighted by Crippen LogP contribution is 2.16. The maximum atomic E-state index is 12.5. The van der Waals surface area contributed by atoms with Gasteiger partial charge in [0.15, 0.2) is 0 Å². The normalized spacial score (nSPS) is 17.0. The maximum Gasteiger partial charge on any atom is 0.258 e. The van der Waals surface area contributed by atoms with Crippen molar-refractivity contribution in [3.05, 3.63) is 41.2 Å². The Morgan fingerprint density at radius 2 is 2.31 bits per heavy atom. The molecule has 7 nitrogen and oxygen atoms in total. The van der Waals surface area contributed by atoms with Gasteiger partial charge in [0, 0.05) is 32.3 Å². The Balaban J connectivity index is 1.63. The molecule has 2 aromatic rings. The van der Waals surface area contributed by atoms with Crippen LogP contribution < -0.4 is 5.32 Å². The summed E-state index contributed by atoms with van der Waals surface area (Å²) in [7, 11) is 1.80. The molecule has 7 heteroatoms. The summed E-state index contributed by atoms with van der Waals surface area (Å²) in [6, 6.07) is 7.72. The van der Waals surface area contributed by atoms with Crippen LogP contribution in [0, 0.1) is 6.92 Å². The van der Waals surface area contributed by atoms with Crippen molar-refractivity contribution in [3.63, 3.8) is 0 Å². The minimum atomic E-state index is -0.195. The van der Waals surface area contributed by atoms with E-state index in [9.17, 15) is 4.79 Å². The van der Waals surface area contributed by atoms with E-state index in [-0.39, 0.29) is 5.91 Å². The molecule has 0 radical (unpaired) electrons. The summed E-state index contributed by atoms with van der Waals surface area (Å²) in [5.41, 5.74) is 1.73. The number of benzene rings is 1. The Morgan fingerprint density at radius 1 is 1.46 bits per heavy atom. The third-order valence-corrected chi connectivity index (χ3v) is 4.73. The molecule has 0 saturated carbocycles. The van der Waals surface area contributed by atoms with Crippen molar-refractivity contribution >= 4 is 11.9 Å². The van der Waals surface area contributed by atoms with Crippen molar-refractivity contribution in [1.29, 1.82) is 0 Å². The Kier molecular flexibility index (Phi) is 6.00. The van der Waals surface area contributed by atoms with Crippen LogP contribution in [-0.2, 0) is 18.3 Å². The molecule has 140 valence electrons. The number of anilines is 1. The van der Waals surface area contributed by atoms with Crippen molar-refractivity contribution in [3.8, 4) is 0 Å². The minimum absolute atomic E-state index is 0.195. The van der Waals surface area contributed by atoms with Crippen molar-refractivity contribution in [1.82, 2.24) is 19.7 Å². The lowest BCUT2D eigenvalue weighted by molar-refractivity contribution is 0.0724. The fourth-order valence-corrected chi connectivity index (χ4v) is 3.14. The Hall–Kier alpha value is -2.25. The topological polar surface area (TPSA) is 72.3 Å². The van der Waals surface area contributed by atoms with E-state index in [1.807, 2.05) is 25.1 Å². The van der Waals surface area contributed by atoms with E-state index in [1.165, 1.54) is 0 Å². The van der Waals surface area contributed by atoms with Gasteiger partial charge in [-0.05, 0) is 44.0 Å². The molecule has 2 heterocycles. The first-order valence-electron chi connectivity index (χ1n) is 9.17. The molecule has 1 atom stereocenters. The van der Waals surface area contributed by atoms with E-state index in [4.69, 9.17) is 4.74 Å². The molecule has 1 aliphatic heterocycles. The lowest BCUT2D eigenvalue weighted by Gasteiger charge is -2.23. The zero-order valence-electron chi connectivity index (χ0n) is 15.7. The molecule has 0 bridgehead atoms. The fraction of sp³-hybridized carbons (Fsp3) is 0.526. The van der Waals surface area contributed by atoms with Gasteiger partial charge in [-0.15, -0.1) is 5.10 Å². The van der Waals surface area contributed by atoms with Gasteiger partial charge in [-0.3, -0.25) is 19.7 Å². The van der Waals surface area contributed by atoms with E-state index in [0.29, 0.717) is 17.6 Å². The lowest BCUT2D eigenvalue weighted by atomic mass is 10.1. The molecule has 1 aromatic heterocycles. The Labute approximate surface area is 154 Å². The van der Waals surface area contributed by atoms with Gasteiger partial charge in [-0.1, -0.05) is 19.1 Å². The third kappa shape index (κ3) is 4.68. The highest BCUT2D eigenvalue weighted by molar-refractivity contribution is 6.03. The SMILES string of the molecule is CCN(Cc1cccc(C(=O)Nc2nc(C)n(C)n2)c1)C[C@H]1CCCO1. The number of aromatic nitrogens is 3. The summed E-state index contributed by atoms with van der Waals surface area (Å²) in [6.07, 6.45) is 2.62. The summed E-state index contributed by atoms with van der Waals surface area (Å²) in [6.45, 7) is 7.56. The lowest BCUT2D eigenvalue weighted by Crippen LogP contribution is -2.31. The first-order valence-corrected chi connectivity index (χ1v) is 9.17. The molecule has 0 spiro atoms. The van der Waals surface area contributed by atoms with Crippen LogP contribution in [0.5, 0.6) is 0 Å². The number of hydrogen-bond donors (Lipinski definition) is 1. The monoisotopic (exact) mass is 357 g/mol. The smallest absolute Gasteiger partial charge is 0.258 e. The Morgan fingerprint density at radius 3 is 2.96 bits per heavy atom. The van der Waals surface area contributed by atoms with Gasteiger partial charge in [0.1, 0.15) is 5.82 Å². The van der Waals surface area contributed by atoms with Gasteiger partial charge in [-0.2, -0.15) is 4.98 Å². The van der Waals surface area contributed by atoms with Gasteiger partial charge in [0.25, 0.3) is 5.91 Å². The zero-order chi connectivity index (χ0) is 18.5. The number of likely N-dealkylation sites (N-methyl/N-ethyl adjacent to an activating group) is 1. The molecule has 1 aliphatic rings. The van der Waals surface area contributed by atoms with Crippen LogP contribution in [0.4, 0.5) is 5.95 Å². The van der Waals surface area contributed by atoms with Gasteiger partial charge in [-0.25, -0.2) is 0 Å². The molecule has 1 amide bonds. The molecule has 1 N–H and O–H groups in total. The van der Waals surface area contributed by atoms with Gasteiger partial charge in [0.2, 0.25) is 5.95 Å². The molecule has 0 unspecified atom stereocenters. The van der Waals surface area contributed by atoms with Crippen LogP contribution in [0.2, 0.25) is 0 Å². The summed E-state index contributed by atoms with van der Waals surface area (Å²) < 4.78 is 7.38. The van der Waals surface area contributed by atoms with Crippen LogP contribution in [0.1, 0.15) is 41.5 Å². The quantitative estimate of drug-likeness (QED) is 0.824. The molecule has 1 saturated heterocycles. The van der Waals surface area contributed by atoms with Gasteiger partial charge < -0.3 is 4.74 Å². The van der Waals surface area contributed by atoms with E-state index >= 15 is 0 Å². The summed E-state index contributed by atoms with van der Waals surface area (Å²) in [5, 5.41) is 6.93. The van der Waals surface area contributed by atoms with Crippen LogP contribution in [0.3, 0.4) is 0 Å². The average molecular weight is 357 g/mol. The molecule has 0 aliphatic carbocycles. The first-order chi connectivity index (χ1) is 12.5. The molecule has 1 aromatic carbocycles. The summed E-state index contributed by atoms with van der Waals surface area (Å²) in [5.74, 6) is 0.885. The van der Waals surface area contributed by atoms with Crippen LogP contribution in [0.15, 0.2) is 24.3 Å². The number of carbonyl (C=O) groups excluding carboxylic acids is 1. The fourth-order valence-electron chi connectivity index (χ4n) is 3.14. The van der Waals surface area contributed by atoms with Crippen LogP contribution in [0.25, 0.3) is 0 Å². The summed E-state index contributed by atoms with van der Waals surface area (Å²) in [4.78, 5) is 19.1.